The van der Waals surface area contributed by atoms with Crippen molar-refractivity contribution in [3.63, 3.8) is 0 Å². The first-order valence-electron chi connectivity index (χ1n) is 5.71. The Bertz CT molecular complexity index is 482. The Labute approximate surface area is 105 Å². The number of nitrogens with one attached hydrogen (secondary N) is 1. The van der Waals surface area contributed by atoms with Crippen molar-refractivity contribution >= 4 is 17.6 Å². The number of carbonyl (C=O) groups excluding carboxylic acids is 2. The molecule has 0 spiro atoms. The van der Waals surface area contributed by atoms with Crippen LogP contribution < -0.4 is 16.0 Å². The molecule has 3 N–H and O–H groups in total. The minimum Gasteiger partial charge on any atom is -0.326 e. The fourth-order valence-electron chi connectivity index (χ4n) is 1.88. The normalized spacial score (nSPS) is 18.9. The van der Waals surface area contributed by atoms with E-state index in [1.165, 1.54) is 0 Å². The lowest BCUT2D eigenvalue weighted by Crippen LogP contribution is -2.31. The van der Waals surface area contributed by atoms with Gasteiger partial charge in [-0.2, -0.15) is 0 Å². The minimum absolute atomic E-state index is 0.250. The van der Waals surface area contributed by atoms with Gasteiger partial charge in [-0.15, -0.1) is 6.58 Å². The number of hydrogen-bond donors (Lipinski definition) is 2. The molecule has 1 saturated heterocycles. The molecule has 5 nitrogen and oxygen atoms in total. The molecule has 0 radical (unpaired) electrons. The topological polar surface area (TPSA) is 75.4 Å². The Balaban J connectivity index is 2.24. The third-order valence-electron chi connectivity index (χ3n) is 2.85. The second-order valence-electron chi connectivity index (χ2n) is 4.07. The van der Waals surface area contributed by atoms with E-state index in [9.17, 15) is 9.59 Å². The third kappa shape index (κ3) is 2.12. The number of amides is 3. The summed E-state index contributed by atoms with van der Waals surface area (Å²) in [6, 6.07) is 6.14. The molecule has 1 aromatic carbocycles. The average molecular weight is 245 g/mol. The van der Waals surface area contributed by atoms with E-state index in [0.717, 1.165) is 10.5 Å². The van der Waals surface area contributed by atoms with Gasteiger partial charge in [0.15, 0.2) is 0 Å². The van der Waals surface area contributed by atoms with Crippen LogP contribution in [0.4, 0.5) is 10.5 Å². The monoisotopic (exact) mass is 245 g/mol. The highest BCUT2D eigenvalue weighted by Gasteiger charge is 2.37. The maximum absolute atomic E-state index is 12.0. The van der Waals surface area contributed by atoms with Crippen molar-refractivity contribution in [2.45, 2.75) is 19.0 Å². The van der Waals surface area contributed by atoms with Crippen molar-refractivity contribution in [2.24, 2.45) is 5.73 Å². The summed E-state index contributed by atoms with van der Waals surface area (Å²) in [5, 5.41) is 2.62. The summed E-state index contributed by atoms with van der Waals surface area (Å²) < 4.78 is 0. The van der Waals surface area contributed by atoms with Gasteiger partial charge in [0.05, 0.1) is 5.69 Å². The first-order valence-corrected chi connectivity index (χ1v) is 5.71. The number of nitrogens with two attached hydrogens (primary N) is 1. The lowest BCUT2D eigenvalue weighted by atomic mass is 10.1. The van der Waals surface area contributed by atoms with E-state index in [-0.39, 0.29) is 5.91 Å². The Morgan fingerprint density at radius 1 is 1.33 bits per heavy atom. The number of hydrogen-bond acceptors (Lipinski definition) is 3. The summed E-state index contributed by atoms with van der Waals surface area (Å²) in [6.07, 6.45) is 2.05. The molecule has 1 aliphatic heterocycles. The fourth-order valence-corrected chi connectivity index (χ4v) is 1.88. The molecule has 94 valence electrons. The Hall–Kier alpha value is -2.14. The number of carbonyl (C=O) groups is 2. The van der Waals surface area contributed by atoms with Crippen molar-refractivity contribution in [1.82, 2.24) is 5.32 Å². The average Bonchev–Trinajstić information content (AvgIpc) is 2.65. The molecule has 0 saturated carbocycles. The van der Waals surface area contributed by atoms with Gasteiger partial charge in [0.2, 0.25) is 0 Å². The summed E-state index contributed by atoms with van der Waals surface area (Å²) in [5.74, 6) is -0.250. The largest absolute Gasteiger partial charge is 0.329 e. The van der Waals surface area contributed by atoms with E-state index < -0.39 is 12.1 Å². The summed E-state index contributed by atoms with van der Waals surface area (Å²) in [5.41, 5.74) is 7.01. The molecule has 1 fully saturated rings. The van der Waals surface area contributed by atoms with Crippen LogP contribution in [0.5, 0.6) is 0 Å². The van der Waals surface area contributed by atoms with Gasteiger partial charge in [0, 0.05) is 6.54 Å². The van der Waals surface area contributed by atoms with Crippen LogP contribution in [-0.2, 0) is 11.3 Å². The first kappa shape index (κ1) is 12.3. The molecule has 0 aromatic heterocycles. The maximum atomic E-state index is 12.0. The number of urea groups is 1. The molecule has 5 heteroatoms. The van der Waals surface area contributed by atoms with Gasteiger partial charge in [-0.05, 0) is 24.1 Å². The lowest BCUT2D eigenvalue weighted by Gasteiger charge is -2.13. The standard InChI is InChI=1S/C13H15N3O2/c1-2-3-11-12(17)16(13(18)15-11)10-6-4-9(8-14)5-7-10/h2,4-7,11H,1,3,8,14H2,(H,15,18). The number of nitrogens with zero attached hydrogens (tertiary/aromatic N) is 1. The van der Waals surface area contributed by atoms with E-state index in [4.69, 9.17) is 5.73 Å². The van der Waals surface area contributed by atoms with Crippen molar-refractivity contribution < 1.29 is 9.59 Å². The highest BCUT2D eigenvalue weighted by atomic mass is 16.2. The highest BCUT2D eigenvalue weighted by molar-refractivity contribution is 6.21. The fraction of sp³-hybridized carbons (Fsp3) is 0.231. The summed E-state index contributed by atoms with van der Waals surface area (Å²) in [4.78, 5) is 24.9. The van der Waals surface area contributed by atoms with E-state index >= 15 is 0 Å². The molecule has 0 bridgehead atoms. The van der Waals surface area contributed by atoms with Crippen molar-refractivity contribution in [3.8, 4) is 0 Å². The van der Waals surface area contributed by atoms with Crippen LogP contribution in [0.1, 0.15) is 12.0 Å². The molecule has 0 aliphatic carbocycles. The van der Waals surface area contributed by atoms with Gasteiger partial charge in [-0.3, -0.25) is 4.79 Å². The smallest absolute Gasteiger partial charge is 0.326 e. The lowest BCUT2D eigenvalue weighted by molar-refractivity contribution is -0.118. The van der Waals surface area contributed by atoms with Crippen LogP contribution >= 0.6 is 0 Å². The van der Waals surface area contributed by atoms with Gasteiger partial charge in [0.1, 0.15) is 6.04 Å². The van der Waals surface area contributed by atoms with Crippen molar-refractivity contribution in [3.05, 3.63) is 42.5 Å². The number of rotatable bonds is 4. The van der Waals surface area contributed by atoms with Crippen LogP contribution in [0.2, 0.25) is 0 Å². The van der Waals surface area contributed by atoms with Crippen molar-refractivity contribution in [1.29, 1.82) is 0 Å². The SMILES string of the molecule is C=CCC1NC(=O)N(c2ccc(CN)cc2)C1=O. The first-order chi connectivity index (χ1) is 8.67. The van der Waals surface area contributed by atoms with Crippen LogP contribution in [0.15, 0.2) is 36.9 Å². The molecule has 1 aromatic rings. The van der Waals surface area contributed by atoms with Crippen molar-refractivity contribution in [2.75, 3.05) is 4.90 Å². The highest BCUT2D eigenvalue weighted by Crippen LogP contribution is 2.21. The summed E-state index contributed by atoms with van der Waals surface area (Å²) in [7, 11) is 0. The predicted molar refractivity (Wildman–Crippen MR) is 69.0 cm³/mol. The number of benzene rings is 1. The molecular weight excluding hydrogens is 230 g/mol. The van der Waals surface area contributed by atoms with Gasteiger partial charge >= 0.3 is 6.03 Å². The van der Waals surface area contributed by atoms with E-state index in [2.05, 4.69) is 11.9 Å². The quantitative estimate of drug-likeness (QED) is 0.617. The summed E-state index contributed by atoms with van der Waals surface area (Å²) >= 11 is 0. The number of imide groups is 1. The molecule has 1 unspecified atom stereocenters. The van der Waals surface area contributed by atoms with Crippen LogP contribution in [0.25, 0.3) is 0 Å². The van der Waals surface area contributed by atoms with E-state index in [0.29, 0.717) is 18.7 Å². The second kappa shape index (κ2) is 5.01. The molecule has 1 heterocycles. The second-order valence-corrected chi connectivity index (χ2v) is 4.07. The number of anilines is 1. The zero-order valence-electron chi connectivity index (χ0n) is 9.93. The zero-order chi connectivity index (χ0) is 13.1. The molecule has 1 atom stereocenters. The summed E-state index contributed by atoms with van der Waals surface area (Å²) in [6.45, 7) is 4.00. The zero-order valence-corrected chi connectivity index (χ0v) is 9.93. The Morgan fingerprint density at radius 3 is 2.56 bits per heavy atom. The van der Waals surface area contributed by atoms with Crippen LogP contribution in [-0.4, -0.2) is 18.0 Å². The van der Waals surface area contributed by atoms with Gasteiger partial charge < -0.3 is 11.1 Å². The van der Waals surface area contributed by atoms with Crippen LogP contribution in [0, 0.1) is 0 Å². The molecule has 18 heavy (non-hydrogen) atoms. The van der Waals surface area contributed by atoms with E-state index in [1.807, 2.05) is 0 Å². The molecule has 3 amide bonds. The third-order valence-corrected chi connectivity index (χ3v) is 2.85. The Morgan fingerprint density at radius 2 is 2.00 bits per heavy atom. The molecule has 2 rings (SSSR count). The van der Waals surface area contributed by atoms with Gasteiger partial charge in [-0.1, -0.05) is 18.2 Å². The molecular formula is C13H15N3O2. The van der Waals surface area contributed by atoms with E-state index in [1.54, 1.807) is 30.3 Å². The van der Waals surface area contributed by atoms with Crippen LogP contribution in [0.3, 0.4) is 0 Å². The van der Waals surface area contributed by atoms with Gasteiger partial charge in [0.25, 0.3) is 5.91 Å². The maximum Gasteiger partial charge on any atom is 0.329 e. The molecule has 1 aliphatic rings. The Kier molecular flexibility index (Phi) is 3.43. The minimum atomic E-state index is -0.510. The van der Waals surface area contributed by atoms with Gasteiger partial charge in [-0.25, -0.2) is 9.69 Å². The predicted octanol–water partition coefficient (Wildman–Crippen LogP) is 1.15.